The first-order valence-electron chi connectivity index (χ1n) is 10.7. The minimum atomic E-state index is -1.03. The minimum absolute atomic E-state index is 0.224. The third-order valence-corrected chi connectivity index (χ3v) is 6.04. The number of aromatic nitrogens is 1. The van der Waals surface area contributed by atoms with Gasteiger partial charge in [-0.1, -0.05) is 19.1 Å². The van der Waals surface area contributed by atoms with Crippen molar-refractivity contribution in [1.82, 2.24) is 14.8 Å². The van der Waals surface area contributed by atoms with Crippen LogP contribution in [0.1, 0.15) is 54.0 Å². The number of hydrogen-bond acceptors (Lipinski definition) is 4. The highest BCUT2D eigenvalue weighted by Crippen LogP contribution is 2.25. The van der Waals surface area contributed by atoms with Gasteiger partial charge in [-0.2, -0.15) is 0 Å². The maximum atomic E-state index is 13.1. The fourth-order valence-electron chi connectivity index (χ4n) is 4.13. The number of imide groups is 1. The lowest BCUT2D eigenvalue weighted by atomic mass is 9.93. The maximum absolute atomic E-state index is 13.1. The summed E-state index contributed by atoms with van der Waals surface area (Å²) in [5, 5.41) is 2.79. The van der Waals surface area contributed by atoms with E-state index in [2.05, 4.69) is 16.8 Å². The van der Waals surface area contributed by atoms with Gasteiger partial charge in [0.15, 0.2) is 5.78 Å². The molecule has 0 aliphatic carbocycles. The van der Waals surface area contributed by atoms with E-state index in [0.29, 0.717) is 18.4 Å². The monoisotopic (exact) mass is 425 g/mol. The molecule has 1 aliphatic heterocycles. The van der Waals surface area contributed by atoms with Crippen molar-refractivity contribution < 1.29 is 19.1 Å². The molecule has 0 bridgehead atoms. The van der Waals surface area contributed by atoms with Crippen LogP contribution in [0.2, 0.25) is 0 Å². The van der Waals surface area contributed by atoms with Crippen molar-refractivity contribution >= 4 is 17.7 Å². The van der Waals surface area contributed by atoms with Crippen LogP contribution in [-0.2, 0) is 17.8 Å². The highest BCUT2D eigenvalue weighted by atomic mass is 16.5. The molecule has 1 atom stereocenters. The van der Waals surface area contributed by atoms with Crippen LogP contribution in [0.25, 0.3) is 0 Å². The van der Waals surface area contributed by atoms with E-state index in [-0.39, 0.29) is 18.2 Å². The van der Waals surface area contributed by atoms with Gasteiger partial charge >= 0.3 is 6.03 Å². The number of carbonyl (C=O) groups is 3. The first-order valence-corrected chi connectivity index (χ1v) is 10.7. The number of ketones is 1. The summed E-state index contributed by atoms with van der Waals surface area (Å²) in [4.78, 5) is 39.6. The summed E-state index contributed by atoms with van der Waals surface area (Å²) in [6, 6.07) is 8.94. The number of urea groups is 1. The van der Waals surface area contributed by atoms with Crippen molar-refractivity contribution in [2.75, 3.05) is 13.7 Å². The lowest BCUT2D eigenvalue weighted by Gasteiger charge is -2.21. The molecule has 2 aromatic rings. The number of hydrogen-bond donors (Lipinski definition) is 1. The van der Waals surface area contributed by atoms with Crippen molar-refractivity contribution in [1.29, 1.82) is 0 Å². The van der Waals surface area contributed by atoms with Crippen LogP contribution in [0.4, 0.5) is 4.79 Å². The van der Waals surface area contributed by atoms with Crippen LogP contribution in [0.3, 0.4) is 0 Å². The Balaban J connectivity index is 1.69. The summed E-state index contributed by atoms with van der Waals surface area (Å²) < 4.78 is 7.26. The summed E-state index contributed by atoms with van der Waals surface area (Å²) in [6.07, 6.45) is 2.02. The fourth-order valence-corrected chi connectivity index (χ4v) is 4.13. The van der Waals surface area contributed by atoms with Gasteiger partial charge in [0.1, 0.15) is 11.3 Å². The number of methoxy groups -OCH3 is 1. The molecule has 7 heteroatoms. The molecule has 0 saturated carbocycles. The Bertz CT molecular complexity index is 993. The van der Waals surface area contributed by atoms with E-state index < -0.39 is 11.6 Å². The molecule has 1 aliphatic rings. The van der Waals surface area contributed by atoms with E-state index in [1.807, 2.05) is 44.2 Å². The third-order valence-electron chi connectivity index (χ3n) is 6.04. The van der Waals surface area contributed by atoms with E-state index in [1.165, 1.54) is 0 Å². The number of amides is 3. The molecule has 3 rings (SSSR count). The van der Waals surface area contributed by atoms with Crippen molar-refractivity contribution in [3.8, 4) is 5.75 Å². The molecule has 1 fully saturated rings. The van der Waals surface area contributed by atoms with E-state index in [9.17, 15) is 14.4 Å². The first kappa shape index (κ1) is 22.6. The molecule has 1 aromatic carbocycles. The predicted molar refractivity (Wildman–Crippen MR) is 118 cm³/mol. The topological polar surface area (TPSA) is 80.6 Å². The quantitative estimate of drug-likeness (QED) is 0.491. The molecule has 7 nitrogen and oxygen atoms in total. The van der Waals surface area contributed by atoms with Gasteiger partial charge in [0.2, 0.25) is 0 Å². The van der Waals surface area contributed by atoms with Crippen LogP contribution < -0.4 is 10.1 Å². The first-order chi connectivity index (χ1) is 14.7. The third kappa shape index (κ3) is 4.50. The second-order valence-electron chi connectivity index (χ2n) is 8.36. The molecule has 0 unspecified atom stereocenters. The number of rotatable bonds is 9. The second-order valence-corrected chi connectivity index (χ2v) is 8.36. The minimum Gasteiger partial charge on any atom is -0.497 e. The van der Waals surface area contributed by atoms with Gasteiger partial charge in [-0.05, 0) is 63.8 Å². The van der Waals surface area contributed by atoms with Crippen LogP contribution in [0.15, 0.2) is 30.3 Å². The number of nitrogens with zero attached hydrogens (tertiary/aromatic N) is 2. The van der Waals surface area contributed by atoms with Crippen molar-refractivity contribution in [3.05, 3.63) is 52.8 Å². The summed E-state index contributed by atoms with van der Waals surface area (Å²) in [6.45, 7) is 8.25. The molecule has 166 valence electrons. The highest BCUT2D eigenvalue weighted by Gasteiger charge is 2.48. The number of benzene rings is 1. The van der Waals surface area contributed by atoms with Gasteiger partial charge in [-0.3, -0.25) is 14.5 Å². The number of ether oxygens (including phenoxy) is 1. The van der Waals surface area contributed by atoms with Gasteiger partial charge in [-0.25, -0.2) is 4.79 Å². The molecule has 1 saturated heterocycles. The zero-order valence-corrected chi connectivity index (χ0v) is 18.9. The van der Waals surface area contributed by atoms with E-state index in [4.69, 9.17) is 4.74 Å². The molecule has 1 N–H and O–H groups in total. The second kappa shape index (κ2) is 8.96. The SMILES string of the molecule is CCCn1c(C)cc(C(=O)CN2C(=O)N[C@](C)(CCc3ccc(OC)cc3)C2=O)c1C. The highest BCUT2D eigenvalue weighted by molar-refractivity contribution is 6.11. The largest absolute Gasteiger partial charge is 0.497 e. The average Bonchev–Trinajstić information content (AvgIpc) is 3.15. The molecule has 0 radical (unpaired) electrons. The smallest absolute Gasteiger partial charge is 0.325 e. The van der Waals surface area contributed by atoms with Gasteiger partial charge in [0.05, 0.1) is 13.7 Å². The normalized spacial score (nSPS) is 18.4. The van der Waals surface area contributed by atoms with Gasteiger partial charge in [0, 0.05) is 23.5 Å². The molecular weight excluding hydrogens is 394 g/mol. The number of nitrogens with one attached hydrogen (secondary N) is 1. The molecule has 1 aromatic heterocycles. The van der Waals surface area contributed by atoms with Crippen LogP contribution in [0.5, 0.6) is 5.75 Å². The fraction of sp³-hybridized carbons (Fsp3) is 0.458. The number of Topliss-reactive ketones (excluding diaryl/α,β-unsaturated/α-hetero) is 1. The Morgan fingerprint density at radius 2 is 1.84 bits per heavy atom. The maximum Gasteiger partial charge on any atom is 0.325 e. The molecular formula is C24H31N3O4. The summed E-state index contributed by atoms with van der Waals surface area (Å²) in [5.74, 6) is 0.184. The van der Waals surface area contributed by atoms with E-state index in [1.54, 1.807) is 14.0 Å². The van der Waals surface area contributed by atoms with E-state index >= 15 is 0 Å². The van der Waals surface area contributed by atoms with Crippen LogP contribution in [0, 0.1) is 13.8 Å². The van der Waals surface area contributed by atoms with Crippen molar-refractivity contribution in [2.24, 2.45) is 0 Å². The van der Waals surface area contributed by atoms with Gasteiger partial charge in [0.25, 0.3) is 5.91 Å². The Morgan fingerprint density at radius 3 is 2.45 bits per heavy atom. The summed E-state index contributed by atoms with van der Waals surface area (Å²) >= 11 is 0. The molecule has 31 heavy (non-hydrogen) atoms. The Labute approximate surface area is 183 Å². The number of aryl methyl sites for hydroxylation is 2. The average molecular weight is 426 g/mol. The Kier molecular flexibility index (Phi) is 6.53. The zero-order valence-electron chi connectivity index (χ0n) is 18.9. The van der Waals surface area contributed by atoms with Gasteiger partial charge in [-0.15, -0.1) is 0 Å². The molecule has 2 heterocycles. The van der Waals surface area contributed by atoms with Crippen LogP contribution in [-0.4, -0.2) is 46.4 Å². The summed E-state index contributed by atoms with van der Waals surface area (Å²) in [5.41, 5.74) is 2.46. The lowest BCUT2D eigenvalue weighted by molar-refractivity contribution is -0.130. The standard InChI is InChI=1S/C24H31N3O4/c1-6-13-26-16(2)14-20(17(26)3)21(28)15-27-22(29)24(4,25-23(27)30)12-11-18-7-9-19(31-5)10-8-18/h7-10,14H,6,11-13,15H2,1-5H3,(H,25,30)/t24-/m1/s1. The number of carbonyl (C=O) groups excluding carboxylic acids is 3. The zero-order chi connectivity index (χ0) is 22.8. The van der Waals surface area contributed by atoms with Crippen LogP contribution >= 0.6 is 0 Å². The molecule has 3 amide bonds. The van der Waals surface area contributed by atoms with Crippen molar-refractivity contribution in [3.63, 3.8) is 0 Å². The van der Waals surface area contributed by atoms with Crippen molar-refractivity contribution in [2.45, 2.75) is 59.0 Å². The summed E-state index contributed by atoms with van der Waals surface area (Å²) in [7, 11) is 1.61. The Hall–Kier alpha value is -3.09. The lowest BCUT2D eigenvalue weighted by Crippen LogP contribution is -2.44. The predicted octanol–water partition coefficient (Wildman–Crippen LogP) is 3.65. The molecule has 0 spiro atoms. The van der Waals surface area contributed by atoms with E-state index in [0.717, 1.165) is 40.6 Å². The Morgan fingerprint density at radius 1 is 1.16 bits per heavy atom. The van der Waals surface area contributed by atoms with Gasteiger partial charge < -0.3 is 14.6 Å².